The number of hydrogen-bond donors (Lipinski definition) is 1. The third-order valence-corrected chi connectivity index (χ3v) is 5.18. The summed E-state index contributed by atoms with van der Waals surface area (Å²) < 4.78 is 2.38. The molecule has 3 heteroatoms. The Balaban J connectivity index is 1.54. The Bertz CT molecular complexity index is 723. The molecule has 0 unspecified atom stereocenters. The molecule has 1 saturated carbocycles. The topological polar surface area (TPSA) is 17.0 Å². The van der Waals surface area contributed by atoms with Crippen LogP contribution in [-0.2, 0) is 19.5 Å². The number of nitrogens with zero attached hydrogens (tertiary/aromatic N) is 1. The van der Waals surface area contributed by atoms with Gasteiger partial charge in [0, 0.05) is 41.1 Å². The Kier molecular flexibility index (Phi) is 3.53. The summed E-state index contributed by atoms with van der Waals surface area (Å²) in [5, 5.41) is 7.18. The van der Waals surface area contributed by atoms with Crippen molar-refractivity contribution in [2.24, 2.45) is 0 Å². The second-order valence-corrected chi connectivity index (χ2v) is 6.88. The summed E-state index contributed by atoms with van der Waals surface area (Å²) >= 11 is 1.85. The number of hydrogen-bond acceptors (Lipinski definition) is 2. The number of aryl methyl sites for hydroxylation is 2. The highest BCUT2D eigenvalue weighted by Gasteiger charge is 2.20. The van der Waals surface area contributed by atoms with Crippen LogP contribution in [0.4, 0.5) is 0 Å². The van der Waals surface area contributed by atoms with Gasteiger partial charge in [-0.1, -0.05) is 18.2 Å². The van der Waals surface area contributed by atoms with Gasteiger partial charge in [0.2, 0.25) is 0 Å². The van der Waals surface area contributed by atoms with Gasteiger partial charge >= 0.3 is 0 Å². The Morgan fingerprint density at radius 3 is 2.90 bits per heavy atom. The average molecular weight is 296 g/mol. The number of aromatic nitrogens is 1. The standard InChI is InChI=1S/C18H20N2S/c1-3-14(13-19-15-6-7-15)17-9-11-20(18(17)5-1)10-8-16-4-2-12-21-16/h1-5,9,11-12,15,19H,6-8,10,13H2. The molecule has 1 aliphatic rings. The first kappa shape index (κ1) is 13.1. The van der Waals surface area contributed by atoms with Crippen molar-refractivity contribution in [2.75, 3.05) is 0 Å². The van der Waals surface area contributed by atoms with Gasteiger partial charge in [-0.15, -0.1) is 11.3 Å². The summed E-state index contributed by atoms with van der Waals surface area (Å²) in [6.45, 7) is 2.06. The average Bonchev–Trinajstić information content (AvgIpc) is 3.01. The van der Waals surface area contributed by atoms with Crippen molar-refractivity contribution in [1.82, 2.24) is 9.88 Å². The lowest BCUT2D eigenvalue weighted by Crippen LogP contribution is -2.15. The molecular formula is C18H20N2S. The van der Waals surface area contributed by atoms with Gasteiger partial charge in [0.15, 0.2) is 0 Å². The minimum absolute atomic E-state index is 0.765. The number of nitrogens with one attached hydrogen (secondary N) is 1. The molecule has 4 rings (SSSR count). The summed E-state index contributed by atoms with van der Waals surface area (Å²) in [4.78, 5) is 1.46. The van der Waals surface area contributed by atoms with Crippen molar-refractivity contribution in [3.8, 4) is 0 Å². The fraction of sp³-hybridized carbons (Fsp3) is 0.333. The molecular weight excluding hydrogens is 276 g/mol. The summed E-state index contributed by atoms with van der Waals surface area (Å²) in [5.74, 6) is 0. The number of benzene rings is 1. The summed E-state index contributed by atoms with van der Waals surface area (Å²) in [7, 11) is 0. The predicted octanol–water partition coefficient (Wildman–Crippen LogP) is 4.20. The molecule has 1 N–H and O–H groups in total. The highest BCUT2D eigenvalue weighted by atomic mass is 32.1. The van der Waals surface area contributed by atoms with E-state index in [0.717, 1.165) is 25.6 Å². The summed E-state index contributed by atoms with van der Waals surface area (Å²) in [5.41, 5.74) is 2.79. The Labute approximate surface area is 129 Å². The number of fused-ring (bicyclic) bond motifs is 1. The van der Waals surface area contributed by atoms with E-state index in [1.54, 1.807) is 0 Å². The van der Waals surface area contributed by atoms with E-state index in [9.17, 15) is 0 Å². The molecule has 0 amide bonds. The minimum atomic E-state index is 0.765. The van der Waals surface area contributed by atoms with Gasteiger partial charge in [-0.2, -0.15) is 0 Å². The van der Waals surface area contributed by atoms with E-state index < -0.39 is 0 Å². The summed E-state index contributed by atoms with van der Waals surface area (Å²) in [6.07, 6.45) is 6.04. The van der Waals surface area contributed by atoms with Crippen LogP contribution in [0.5, 0.6) is 0 Å². The highest BCUT2D eigenvalue weighted by Crippen LogP contribution is 2.24. The zero-order valence-electron chi connectivity index (χ0n) is 12.1. The smallest absolute Gasteiger partial charge is 0.0483 e. The van der Waals surface area contributed by atoms with Crippen molar-refractivity contribution < 1.29 is 0 Å². The summed E-state index contributed by atoms with van der Waals surface area (Å²) in [6, 6.07) is 14.1. The first-order chi connectivity index (χ1) is 10.4. The van der Waals surface area contributed by atoms with Crippen LogP contribution in [0, 0.1) is 0 Å². The van der Waals surface area contributed by atoms with Gasteiger partial charge in [0.25, 0.3) is 0 Å². The monoisotopic (exact) mass is 296 g/mol. The molecule has 0 spiro atoms. The van der Waals surface area contributed by atoms with Crippen LogP contribution in [0.15, 0.2) is 48.0 Å². The van der Waals surface area contributed by atoms with E-state index in [2.05, 4.69) is 57.9 Å². The predicted molar refractivity (Wildman–Crippen MR) is 89.8 cm³/mol. The first-order valence-electron chi connectivity index (χ1n) is 7.73. The quantitative estimate of drug-likeness (QED) is 0.721. The molecule has 1 fully saturated rings. The molecule has 2 nitrogen and oxygen atoms in total. The largest absolute Gasteiger partial charge is 0.347 e. The van der Waals surface area contributed by atoms with E-state index >= 15 is 0 Å². The van der Waals surface area contributed by atoms with Crippen molar-refractivity contribution in [1.29, 1.82) is 0 Å². The molecule has 0 bridgehead atoms. The maximum atomic E-state index is 3.62. The lowest BCUT2D eigenvalue weighted by atomic mass is 10.1. The molecule has 108 valence electrons. The molecule has 2 aromatic heterocycles. The van der Waals surface area contributed by atoms with Gasteiger partial charge < -0.3 is 9.88 Å². The molecule has 0 saturated heterocycles. The van der Waals surface area contributed by atoms with Gasteiger partial charge in [-0.3, -0.25) is 0 Å². The fourth-order valence-electron chi connectivity index (χ4n) is 2.86. The van der Waals surface area contributed by atoms with Crippen LogP contribution >= 0.6 is 11.3 Å². The maximum absolute atomic E-state index is 3.62. The molecule has 0 radical (unpaired) electrons. The van der Waals surface area contributed by atoms with Crippen LogP contribution in [0.3, 0.4) is 0 Å². The van der Waals surface area contributed by atoms with Gasteiger partial charge in [-0.05, 0) is 48.4 Å². The van der Waals surface area contributed by atoms with Gasteiger partial charge in [0.1, 0.15) is 0 Å². The van der Waals surface area contributed by atoms with E-state index in [1.807, 2.05) is 11.3 Å². The Morgan fingerprint density at radius 2 is 2.10 bits per heavy atom. The SMILES string of the molecule is c1csc(CCn2ccc3c(CNC4CC4)cccc32)c1. The first-order valence-corrected chi connectivity index (χ1v) is 8.60. The van der Waals surface area contributed by atoms with Crippen molar-refractivity contribution in [3.05, 3.63) is 58.4 Å². The van der Waals surface area contributed by atoms with E-state index in [4.69, 9.17) is 0 Å². The van der Waals surface area contributed by atoms with Crippen LogP contribution < -0.4 is 5.32 Å². The zero-order chi connectivity index (χ0) is 14.1. The van der Waals surface area contributed by atoms with Crippen LogP contribution in [0.1, 0.15) is 23.3 Å². The van der Waals surface area contributed by atoms with Crippen molar-refractivity contribution >= 4 is 22.2 Å². The molecule has 0 atom stereocenters. The highest BCUT2D eigenvalue weighted by molar-refractivity contribution is 7.09. The van der Waals surface area contributed by atoms with Crippen LogP contribution in [-0.4, -0.2) is 10.6 Å². The Morgan fingerprint density at radius 1 is 1.14 bits per heavy atom. The lowest BCUT2D eigenvalue weighted by Gasteiger charge is -2.07. The maximum Gasteiger partial charge on any atom is 0.0483 e. The third-order valence-electron chi connectivity index (χ3n) is 4.24. The van der Waals surface area contributed by atoms with E-state index in [1.165, 1.54) is 34.2 Å². The third kappa shape index (κ3) is 2.89. The van der Waals surface area contributed by atoms with Crippen molar-refractivity contribution in [3.63, 3.8) is 0 Å². The lowest BCUT2D eigenvalue weighted by molar-refractivity contribution is 0.690. The number of rotatable bonds is 6. The molecule has 21 heavy (non-hydrogen) atoms. The number of thiophene rings is 1. The normalized spacial score (nSPS) is 14.9. The van der Waals surface area contributed by atoms with Crippen molar-refractivity contribution in [2.45, 2.75) is 38.4 Å². The fourth-order valence-corrected chi connectivity index (χ4v) is 3.56. The molecule has 2 heterocycles. The second kappa shape index (κ2) is 5.66. The van der Waals surface area contributed by atoms with Gasteiger partial charge in [0.05, 0.1) is 0 Å². The second-order valence-electron chi connectivity index (χ2n) is 5.84. The molecule has 1 aliphatic carbocycles. The molecule has 0 aliphatic heterocycles. The van der Waals surface area contributed by atoms with Crippen LogP contribution in [0.25, 0.3) is 10.9 Å². The van der Waals surface area contributed by atoms with E-state index in [-0.39, 0.29) is 0 Å². The molecule has 1 aromatic carbocycles. The van der Waals surface area contributed by atoms with E-state index in [0.29, 0.717) is 0 Å². The minimum Gasteiger partial charge on any atom is -0.347 e. The molecule has 3 aromatic rings. The Hall–Kier alpha value is -1.58. The zero-order valence-corrected chi connectivity index (χ0v) is 12.9. The van der Waals surface area contributed by atoms with Gasteiger partial charge in [-0.25, -0.2) is 0 Å². The van der Waals surface area contributed by atoms with Crippen LogP contribution in [0.2, 0.25) is 0 Å².